The third kappa shape index (κ3) is 5.59. The van der Waals surface area contributed by atoms with Crippen LogP contribution in [0.2, 0.25) is 0 Å². The second-order valence-corrected chi connectivity index (χ2v) is 6.11. The summed E-state index contributed by atoms with van der Waals surface area (Å²) in [5.41, 5.74) is 2.07. The van der Waals surface area contributed by atoms with E-state index in [1.54, 1.807) is 12.2 Å². The van der Waals surface area contributed by atoms with Gasteiger partial charge >= 0.3 is 5.97 Å². The van der Waals surface area contributed by atoms with Crippen molar-refractivity contribution < 1.29 is 14.7 Å². The third-order valence-electron chi connectivity index (χ3n) is 4.17. The number of nitrogens with zero attached hydrogens (tertiary/aromatic N) is 1. The van der Waals surface area contributed by atoms with Crippen LogP contribution >= 0.6 is 0 Å². The Kier molecular flexibility index (Phi) is 7.62. The van der Waals surface area contributed by atoms with Crippen molar-refractivity contribution in [3.05, 3.63) is 83.9 Å². The van der Waals surface area contributed by atoms with Crippen molar-refractivity contribution in [2.75, 3.05) is 6.54 Å². The molecule has 0 spiro atoms. The Morgan fingerprint density at radius 2 is 1.50 bits per heavy atom. The van der Waals surface area contributed by atoms with Gasteiger partial charge in [-0.05, 0) is 37.0 Å². The quantitative estimate of drug-likeness (QED) is 0.537. The zero-order valence-corrected chi connectivity index (χ0v) is 15.0. The molecule has 0 fully saturated rings. The summed E-state index contributed by atoms with van der Waals surface area (Å²) in [6.45, 7) is 2.32. The first kappa shape index (κ1) is 19.4. The Balaban J connectivity index is 2.34. The van der Waals surface area contributed by atoms with Crippen LogP contribution in [0, 0.1) is 0 Å². The van der Waals surface area contributed by atoms with Crippen LogP contribution in [0.25, 0.3) is 0 Å². The van der Waals surface area contributed by atoms with Gasteiger partial charge in [-0.3, -0.25) is 9.59 Å². The molecule has 0 bridgehead atoms. The highest BCUT2D eigenvalue weighted by atomic mass is 16.4. The van der Waals surface area contributed by atoms with Crippen molar-refractivity contribution in [1.29, 1.82) is 0 Å². The van der Waals surface area contributed by atoms with Crippen molar-refractivity contribution in [2.45, 2.75) is 32.2 Å². The number of carboxylic acid groups (broad SMARTS) is 1. The van der Waals surface area contributed by atoms with Gasteiger partial charge in [0, 0.05) is 13.0 Å². The smallest absolute Gasteiger partial charge is 0.303 e. The van der Waals surface area contributed by atoms with E-state index in [1.807, 2.05) is 72.5 Å². The number of benzene rings is 2. The zero-order valence-electron chi connectivity index (χ0n) is 15.0. The highest BCUT2D eigenvalue weighted by Gasteiger charge is 2.25. The minimum absolute atomic E-state index is 0.0690. The van der Waals surface area contributed by atoms with Gasteiger partial charge in [0.1, 0.15) is 0 Å². The average molecular weight is 351 g/mol. The first-order valence-electron chi connectivity index (χ1n) is 8.88. The molecule has 2 aromatic rings. The van der Waals surface area contributed by atoms with E-state index in [9.17, 15) is 9.59 Å². The van der Waals surface area contributed by atoms with Crippen LogP contribution < -0.4 is 0 Å². The molecular weight excluding hydrogens is 326 g/mol. The zero-order chi connectivity index (χ0) is 18.8. The van der Waals surface area contributed by atoms with Crippen LogP contribution in [0.3, 0.4) is 0 Å². The van der Waals surface area contributed by atoms with Crippen molar-refractivity contribution in [1.82, 2.24) is 4.90 Å². The highest BCUT2D eigenvalue weighted by molar-refractivity contribution is 5.88. The van der Waals surface area contributed by atoms with Crippen LogP contribution in [0.4, 0.5) is 0 Å². The van der Waals surface area contributed by atoms with E-state index in [0.29, 0.717) is 19.4 Å². The summed E-state index contributed by atoms with van der Waals surface area (Å²) in [6.07, 6.45) is 4.61. The van der Waals surface area contributed by atoms with Crippen molar-refractivity contribution in [3.63, 3.8) is 0 Å². The molecule has 0 aliphatic carbocycles. The van der Waals surface area contributed by atoms with Crippen LogP contribution in [0.5, 0.6) is 0 Å². The van der Waals surface area contributed by atoms with Gasteiger partial charge in [-0.25, -0.2) is 0 Å². The molecule has 136 valence electrons. The Morgan fingerprint density at radius 3 is 1.96 bits per heavy atom. The van der Waals surface area contributed by atoms with E-state index in [0.717, 1.165) is 11.1 Å². The van der Waals surface area contributed by atoms with E-state index in [-0.39, 0.29) is 18.4 Å². The molecule has 0 atom stereocenters. The topological polar surface area (TPSA) is 57.6 Å². The maximum absolute atomic E-state index is 12.8. The molecule has 0 saturated carbocycles. The molecule has 0 aliphatic rings. The molecule has 0 aliphatic heterocycles. The minimum Gasteiger partial charge on any atom is -0.481 e. The number of amides is 1. The lowest BCUT2D eigenvalue weighted by molar-refractivity contribution is -0.137. The molecule has 4 nitrogen and oxygen atoms in total. The number of rotatable bonds is 9. The molecule has 26 heavy (non-hydrogen) atoms. The maximum Gasteiger partial charge on any atom is 0.303 e. The molecule has 4 heteroatoms. The molecule has 1 N–H and O–H groups in total. The standard InChI is InChI=1S/C22H25NO3/c1-2-11-20(24)23(17-10-9-16-21(25)26)22(18-12-5-3-6-13-18)19-14-7-4-8-15-19/h2-8,11-15,22H,9-10,16-17H2,1H3,(H,25,26). The van der Waals surface area contributed by atoms with Gasteiger partial charge in [-0.2, -0.15) is 0 Å². The number of unbranched alkanes of at least 4 members (excludes halogenated alkanes) is 1. The Morgan fingerprint density at radius 1 is 0.962 bits per heavy atom. The summed E-state index contributed by atoms with van der Waals surface area (Å²) < 4.78 is 0. The monoisotopic (exact) mass is 351 g/mol. The van der Waals surface area contributed by atoms with Crippen LogP contribution in [0.1, 0.15) is 43.4 Å². The molecular formula is C22H25NO3. The fraction of sp³-hybridized carbons (Fsp3) is 0.273. The van der Waals surface area contributed by atoms with Crippen molar-refractivity contribution in [2.24, 2.45) is 0 Å². The van der Waals surface area contributed by atoms with Gasteiger partial charge in [0.15, 0.2) is 0 Å². The first-order valence-corrected chi connectivity index (χ1v) is 8.88. The fourth-order valence-electron chi connectivity index (χ4n) is 2.99. The van der Waals surface area contributed by atoms with Gasteiger partial charge in [0.05, 0.1) is 6.04 Å². The number of hydrogen-bond acceptors (Lipinski definition) is 2. The maximum atomic E-state index is 12.8. The van der Waals surface area contributed by atoms with Gasteiger partial charge in [0.2, 0.25) is 5.91 Å². The number of carboxylic acids is 1. The minimum atomic E-state index is -0.806. The summed E-state index contributed by atoms with van der Waals surface area (Å²) in [7, 11) is 0. The van der Waals surface area contributed by atoms with Crippen LogP contribution in [0.15, 0.2) is 72.8 Å². The van der Waals surface area contributed by atoms with E-state index in [2.05, 4.69) is 0 Å². The van der Waals surface area contributed by atoms with Crippen LogP contribution in [-0.4, -0.2) is 28.4 Å². The number of carbonyl (C=O) groups is 2. The van der Waals surface area contributed by atoms with Crippen molar-refractivity contribution in [3.8, 4) is 0 Å². The van der Waals surface area contributed by atoms with Gasteiger partial charge in [0.25, 0.3) is 0 Å². The highest BCUT2D eigenvalue weighted by Crippen LogP contribution is 2.29. The average Bonchev–Trinajstić information content (AvgIpc) is 2.65. The lowest BCUT2D eigenvalue weighted by Crippen LogP contribution is -2.35. The summed E-state index contributed by atoms with van der Waals surface area (Å²) in [4.78, 5) is 25.4. The summed E-state index contributed by atoms with van der Waals surface area (Å²) in [6, 6.07) is 19.6. The Bertz CT molecular complexity index is 686. The molecule has 2 rings (SSSR count). The van der Waals surface area contributed by atoms with E-state index in [4.69, 9.17) is 5.11 Å². The fourth-order valence-corrected chi connectivity index (χ4v) is 2.99. The largest absolute Gasteiger partial charge is 0.481 e. The van der Waals surface area contributed by atoms with Gasteiger partial charge in [-0.15, -0.1) is 0 Å². The van der Waals surface area contributed by atoms with E-state index < -0.39 is 5.97 Å². The van der Waals surface area contributed by atoms with Crippen LogP contribution in [-0.2, 0) is 9.59 Å². The lowest BCUT2D eigenvalue weighted by atomic mass is 9.96. The van der Waals surface area contributed by atoms with E-state index in [1.165, 1.54) is 0 Å². The molecule has 0 heterocycles. The SMILES string of the molecule is CC=CC(=O)N(CCCCC(=O)O)C(c1ccccc1)c1ccccc1. The molecule has 0 unspecified atom stereocenters. The summed E-state index contributed by atoms with van der Waals surface area (Å²) in [5.74, 6) is -0.875. The summed E-state index contributed by atoms with van der Waals surface area (Å²) >= 11 is 0. The second-order valence-electron chi connectivity index (χ2n) is 6.11. The van der Waals surface area contributed by atoms with Gasteiger partial charge in [-0.1, -0.05) is 66.7 Å². The molecule has 0 saturated heterocycles. The Labute approximate surface area is 154 Å². The molecule has 2 aromatic carbocycles. The Hall–Kier alpha value is -2.88. The number of hydrogen-bond donors (Lipinski definition) is 1. The van der Waals surface area contributed by atoms with Gasteiger partial charge < -0.3 is 10.0 Å². The number of allylic oxidation sites excluding steroid dienone is 1. The molecule has 0 radical (unpaired) electrons. The normalized spacial score (nSPS) is 11.0. The lowest BCUT2D eigenvalue weighted by Gasteiger charge is -2.32. The molecule has 1 amide bonds. The van der Waals surface area contributed by atoms with Crippen molar-refractivity contribution >= 4 is 11.9 Å². The third-order valence-corrected chi connectivity index (χ3v) is 4.17. The number of carbonyl (C=O) groups excluding carboxylic acids is 1. The predicted molar refractivity (Wildman–Crippen MR) is 103 cm³/mol. The number of aliphatic carboxylic acids is 1. The predicted octanol–water partition coefficient (Wildman–Crippen LogP) is 4.44. The molecule has 0 aromatic heterocycles. The van der Waals surface area contributed by atoms with E-state index >= 15 is 0 Å². The first-order chi connectivity index (χ1) is 12.6. The summed E-state index contributed by atoms with van der Waals surface area (Å²) in [5, 5.41) is 8.85. The second kappa shape index (κ2) is 10.2.